The van der Waals surface area contributed by atoms with Crippen LogP contribution in [0.4, 0.5) is 4.39 Å². The third kappa shape index (κ3) is 2.12. The summed E-state index contributed by atoms with van der Waals surface area (Å²) in [6.45, 7) is 0. The summed E-state index contributed by atoms with van der Waals surface area (Å²) in [5.74, 6) is -0.312. The molecule has 0 saturated heterocycles. The van der Waals surface area contributed by atoms with Crippen LogP contribution < -0.4 is 0 Å². The van der Waals surface area contributed by atoms with Crippen molar-refractivity contribution in [2.24, 2.45) is 0 Å². The molecule has 0 amide bonds. The number of rotatable bonds is 1. The summed E-state index contributed by atoms with van der Waals surface area (Å²) >= 11 is 14.6. The van der Waals surface area contributed by atoms with Gasteiger partial charge in [0.1, 0.15) is 5.82 Å². The lowest BCUT2D eigenvalue weighted by atomic mass is 10.2. The van der Waals surface area contributed by atoms with Gasteiger partial charge in [-0.15, -0.1) is 0 Å². The summed E-state index contributed by atoms with van der Waals surface area (Å²) in [5.41, 5.74) is 2.40. The molecule has 96 valence electrons. The van der Waals surface area contributed by atoms with E-state index in [2.05, 4.69) is 20.9 Å². The van der Waals surface area contributed by atoms with E-state index < -0.39 is 0 Å². The van der Waals surface area contributed by atoms with Gasteiger partial charge in [0.2, 0.25) is 0 Å². The molecule has 0 radical (unpaired) electrons. The summed E-state index contributed by atoms with van der Waals surface area (Å²) in [6.07, 6.45) is 0. The third-order valence-electron chi connectivity index (χ3n) is 2.83. The highest BCUT2D eigenvalue weighted by Crippen LogP contribution is 2.27. The first-order valence-electron chi connectivity index (χ1n) is 5.42. The molecule has 1 heterocycles. The maximum Gasteiger partial charge on any atom is 0.182 e. The number of hydrogen-bond donors (Lipinski definition) is 1. The number of nitrogens with one attached hydrogen (secondary N) is 1. The van der Waals surface area contributed by atoms with Crippen LogP contribution in [0.1, 0.15) is 0 Å². The fourth-order valence-electron chi connectivity index (χ4n) is 1.98. The summed E-state index contributed by atoms with van der Waals surface area (Å²) < 4.78 is 16.0. The molecule has 0 saturated carbocycles. The van der Waals surface area contributed by atoms with Gasteiger partial charge in [-0.3, -0.25) is 4.57 Å². The minimum Gasteiger partial charge on any atom is -0.329 e. The molecule has 1 N–H and O–H groups in total. The molecule has 3 rings (SSSR count). The van der Waals surface area contributed by atoms with Crippen molar-refractivity contribution in [2.45, 2.75) is 0 Å². The predicted octanol–water partition coefficient (Wildman–Crippen LogP) is 5.24. The van der Waals surface area contributed by atoms with E-state index in [1.807, 2.05) is 16.7 Å². The van der Waals surface area contributed by atoms with E-state index >= 15 is 0 Å². The fourth-order valence-corrected chi connectivity index (χ4v) is 2.86. The normalized spacial score (nSPS) is 11.1. The van der Waals surface area contributed by atoms with Crippen molar-refractivity contribution in [2.75, 3.05) is 0 Å². The van der Waals surface area contributed by atoms with Gasteiger partial charge in [-0.25, -0.2) is 4.39 Å². The van der Waals surface area contributed by atoms with Crippen molar-refractivity contribution in [3.63, 3.8) is 0 Å². The number of aromatic amines is 1. The van der Waals surface area contributed by atoms with Gasteiger partial charge >= 0.3 is 0 Å². The molecule has 0 aliphatic rings. The maximum absolute atomic E-state index is 13.3. The van der Waals surface area contributed by atoms with Crippen LogP contribution in [0.2, 0.25) is 5.02 Å². The van der Waals surface area contributed by atoms with Crippen LogP contribution in [-0.4, -0.2) is 9.55 Å². The van der Waals surface area contributed by atoms with Gasteiger partial charge in [-0.2, -0.15) is 0 Å². The highest BCUT2D eigenvalue weighted by atomic mass is 79.9. The summed E-state index contributed by atoms with van der Waals surface area (Å²) in [4.78, 5) is 3.06. The Labute approximate surface area is 127 Å². The largest absolute Gasteiger partial charge is 0.329 e. The minimum atomic E-state index is -0.312. The zero-order valence-corrected chi connectivity index (χ0v) is 12.6. The number of halogens is 3. The second kappa shape index (κ2) is 4.74. The first-order valence-corrected chi connectivity index (χ1v) is 7.00. The summed E-state index contributed by atoms with van der Waals surface area (Å²) in [5, 5.41) is 0.600. The molecule has 0 atom stereocenters. The van der Waals surface area contributed by atoms with Crippen molar-refractivity contribution in [1.29, 1.82) is 0 Å². The average molecular weight is 358 g/mol. The van der Waals surface area contributed by atoms with Gasteiger partial charge in [0.15, 0.2) is 4.77 Å². The van der Waals surface area contributed by atoms with Gasteiger partial charge in [0.05, 0.1) is 20.5 Å². The van der Waals surface area contributed by atoms with Crippen molar-refractivity contribution >= 4 is 50.8 Å². The summed E-state index contributed by atoms with van der Waals surface area (Å²) in [7, 11) is 0. The molecule has 19 heavy (non-hydrogen) atoms. The lowest BCUT2D eigenvalue weighted by Gasteiger charge is -2.05. The van der Waals surface area contributed by atoms with Crippen molar-refractivity contribution < 1.29 is 4.39 Å². The smallest absolute Gasteiger partial charge is 0.182 e. The standard InChI is InChI=1S/C13H7BrClFN2S/c14-8-6-7(4-5-10(8)16)18-11-3-1-2-9(15)12(11)17-13(18)19/h1-6H,(H,17,19). The molecule has 0 bridgehead atoms. The van der Waals surface area contributed by atoms with E-state index in [9.17, 15) is 4.39 Å². The Kier molecular flexibility index (Phi) is 3.20. The number of benzene rings is 2. The van der Waals surface area contributed by atoms with Crippen LogP contribution in [0.3, 0.4) is 0 Å². The molecule has 2 aromatic carbocycles. The van der Waals surface area contributed by atoms with E-state index in [1.165, 1.54) is 6.07 Å². The zero-order chi connectivity index (χ0) is 13.6. The van der Waals surface area contributed by atoms with Crippen LogP contribution in [0.15, 0.2) is 40.9 Å². The average Bonchev–Trinajstić information content (AvgIpc) is 2.71. The van der Waals surface area contributed by atoms with Gasteiger partial charge < -0.3 is 4.98 Å². The zero-order valence-electron chi connectivity index (χ0n) is 9.45. The number of hydrogen-bond acceptors (Lipinski definition) is 1. The van der Waals surface area contributed by atoms with Crippen molar-refractivity contribution in [3.8, 4) is 5.69 Å². The molecule has 6 heteroatoms. The Hall–Kier alpha value is -1.17. The Morgan fingerprint density at radius 3 is 2.79 bits per heavy atom. The molecular formula is C13H7BrClFN2S. The maximum atomic E-state index is 13.3. The molecule has 1 aromatic heterocycles. The van der Waals surface area contributed by atoms with Crippen LogP contribution >= 0.6 is 39.7 Å². The lowest BCUT2D eigenvalue weighted by molar-refractivity contribution is 0.620. The number of H-pyrrole nitrogens is 1. The van der Waals surface area contributed by atoms with Crippen LogP contribution in [0.5, 0.6) is 0 Å². The van der Waals surface area contributed by atoms with Gasteiger partial charge in [0.25, 0.3) is 0 Å². The van der Waals surface area contributed by atoms with E-state index in [0.717, 1.165) is 16.7 Å². The van der Waals surface area contributed by atoms with Crippen molar-refractivity contribution in [3.05, 3.63) is 56.5 Å². The summed E-state index contributed by atoms with van der Waals surface area (Å²) in [6, 6.07) is 10.3. The third-order valence-corrected chi connectivity index (χ3v) is 4.04. The monoisotopic (exact) mass is 356 g/mol. The molecule has 0 fully saturated rings. The lowest BCUT2D eigenvalue weighted by Crippen LogP contribution is -1.94. The molecular weight excluding hydrogens is 351 g/mol. The highest BCUT2D eigenvalue weighted by Gasteiger charge is 2.10. The van der Waals surface area contributed by atoms with E-state index in [-0.39, 0.29) is 5.82 Å². The van der Waals surface area contributed by atoms with E-state index in [1.54, 1.807) is 18.2 Å². The highest BCUT2D eigenvalue weighted by molar-refractivity contribution is 9.10. The first kappa shape index (κ1) is 12.8. The number of para-hydroxylation sites is 1. The Balaban J connectivity index is 2.36. The Morgan fingerprint density at radius 2 is 2.05 bits per heavy atom. The number of fused-ring (bicyclic) bond motifs is 1. The number of aromatic nitrogens is 2. The molecule has 2 nitrogen and oxygen atoms in total. The number of imidazole rings is 1. The van der Waals surface area contributed by atoms with Gasteiger partial charge in [0, 0.05) is 5.69 Å². The number of nitrogens with zero attached hydrogens (tertiary/aromatic N) is 1. The van der Waals surface area contributed by atoms with Gasteiger partial charge in [-0.05, 0) is 58.5 Å². The quantitative estimate of drug-likeness (QED) is 0.590. The molecule has 3 aromatic rings. The van der Waals surface area contributed by atoms with E-state index in [0.29, 0.717) is 14.3 Å². The SMILES string of the molecule is Fc1ccc(-n2c(=S)[nH]c3c(Cl)cccc32)cc1Br. The second-order valence-corrected chi connectivity index (χ2v) is 5.65. The van der Waals surface area contributed by atoms with Crippen LogP contribution in [0.25, 0.3) is 16.7 Å². The Bertz CT molecular complexity index is 840. The molecule has 0 aliphatic carbocycles. The van der Waals surface area contributed by atoms with Gasteiger partial charge in [-0.1, -0.05) is 17.7 Å². The second-order valence-electron chi connectivity index (χ2n) is 4.00. The molecule has 0 unspecified atom stereocenters. The Morgan fingerprint density at radius 1 is 1.26 bits per heavy atom. The van der Waals surface area contributed by atoms with E-state index in [4.69, 9.17) is 23.8 Å². The first-order chi connectivity index (χ1) is 9.08. The topological polar surface area (TPSA) is 20.7 Å². The molecule has 0 aliphatic heterocycles. The minimum absolute atomic E-state index is 0.312. The van der Waals surface area contributed by atoms with Crippen LogP contribution in [-0.2, 0) is 0 Å². The fraction of sp³-hybridized carbons (Fsp3) is 0. The van der Waals surface area contributed by atoms with Crippen molar-refractivity contribution in [1.82, 2.24) is 9.55 Å². The predicted molar refractivity (Wildman–Crippen MR) is 81.1 cm³/mol. The van der Waals surface area contributed by atoms with Crippen LogP contribution in [0, 0.1) is 10.6 Å². The molecule has 0 spiro atoms.